The van der Waals surface area contributed by atoms with Gasteiger partial charge in [0.1, 0.15) is 0 Å². The van der Waals surface area contributed by atoms with Gasteiger partial charge in [0.05, 0.1) is 13.0 Å². The maximum Gasteiger partial charge on any atom is 0.227 e. The molecule has 3 rings (SSSR count). The van der Waals surface area contributed by atoms with Crippen molar-refractivity contribution in [2.24, 2.45) is 5.41 Å². The summed E-state index contributed by atoms with van der Waals surface area (Å²) in [4.78, 5) is 28.6. The molecule has 136 valence electrons. The van der Waals surface area contributed by atoms with E-state index >= 15 is 0 Å². The van der Waals surface area contributed by atoms with Gasteiger partial charge in [0, 0.05) is 38.0 Å². The molecule has 0 aromatic heterocycles. The van der Waals surface area contributed by atoms with Crippen molar-refractivity contribution in [2.45, 2.75) is 39.0 Å². The average molecular weight is 344 g/mol. The number of hydrogen-bond acceptors (Lipinski definition) is 3. The van der Waals surface area contributed by atoms with Crippen molar-refractivity contribution >= 4 is 11.8 Å². The van der Waals surface area contributed by atoms with Crippen LogP contribution in [0.3, 0.4) is 0 Å². The van der Waals surface area contributed by atoms with Crippen molar-refractivity contribution in [3.63, 3.8) is 0 Å². The van der Waals surface area contributed by atoms with E-state index in [1.54, 1.807) is 4.90 Å². The Kier molecular flexibility index (Phi) is 5.42. The minimum Gasteiger partial charge on any atom is -0.395 e. The Hall–Kier alpha value is -1.88. The Balaban J connectivity index is 1.66. The number of carbonyl (C=O) groups is 2. The number of β-amino-alcohol motifs (C(OH)–C–C–N with tert-alkyl or cyclic N) is 1. The van der Waals surface area contributed by atoms with E-state index in [4.69, 9.17) is 0 Å². The van der Waals surface area contributed by atoms with E-state index in [1.807, 2.05) is 30.0 Å². The van der Waals surface area contributed by atoms with Crippen LogP contribution in [-0.2, 0) is 16.0 Å². The summed E-state index contributed by atoms with van der Waals surface area (Å²) in [6.07, 6.45) is 3.86. The van der Waals surface area contributed by atoms with Gasteiger partial charge in [0.25, 0.3) is 0 Å². The van der Waals surface area contributed by atoms with Crippen LogP contribution < -0.4 is 0 Å². The molecule has 1 aromatic rings. The van der Waals surface area contributed by atoms with Crippen molar-refractivity contribution in [3.05, 3.63) is 35.4 Å². The second-order valence-corrected chi connectivity index (χ2v) is 7.62. The third kappa shape index (κ3) is 4.21. The van der Waals surface area contributed by atoms with Crippen LogP contribution in [0.2, 0.25) is 0 Å². The number of hydrogen-bond donors (Lipinski definition) is 1. The fourth-order valence-electron chi connectivity index (χ4n) is 4.29. The number of aryl methyl sites for hydroxylation is 1. The number of carbonyl (C=O) groups excluding carboxylic acids is 2. The van der Waals surface area contributed by atoms with Crippen LogP contribution in [0, 0.1) is 12.3 Å². The summed E-state index contributed by atoms with van der Waals surface area (Å²) >= 11 is 0. The molecule has 2 amide bonds. The van der Waals surface area contributed by atoms with Gasteiger partial charge in [-0.15, -0.1) is 0 Å². The molecule has 0 radical (unpaired) electrons. The average Bonchev–Trinajstić information content (AvgIpc) is 2.59. The van der Waals surface area contributed by atoms with Crippen molar-refractivity contribution in [3.8, 4) is 0 Å². The van der Waals surface area contributed by atoms with Crippen LogP contribution in [0.4, 0.5) is 0 Å². The lowest BCUT2D eigenvalue weighted by Crippen LogP contribution is -2.55. The van der Waals surface area contributed by atoms with Crippen LogP contribution in [0.5, 0.6) is 0 Å². The summed E-state index contributed by atoms with van der Waals surface area (Å²) in [5.74, 6) is 0.304. The fraction of sp³-hybridized carbons (Fsp3) is 0.600. The molecule has 5 nitrogen and oxygen atoms in total. The van der Waals surface area contributed by atoms with Gasteiger partial charge >= 0.3 is 0 Å². The molecule has 0 bridgehead atoms. The molecule has 1 aromatic carbocycles. The third-order valence-electron chi connectivity index (χ3n) is 5.57. The van der Waals surface area contributed by atoms with Gasteiger partial charge in [-0.05, 0) is 31.7 Å². The van der Waals surface area contributed by atoms with Gasteiger partial charge in [-0.3, -0.25) is 9.59 Å². The van der Waals surface area contributed by atoms with Crippen molar-refractivity contribution in [1.29, 1.82) is 0 Å². The van der Waals surface area contributed by atoms with E-state index in [9.17, 15) is 14.7 Å². The highest BCUT2D eigenvalue weighted by atomic mass is 16.3. The molecular weight excluding hydrogens is 316 g/mol. The lowest BCUT2D eigenvalue weighted by Gasteiger charge is -2.48. The highest BCUT2D eigenvalue weighted by molar-refractivity contribution is 5.79. The van der Waals surface area contributed by atoms with E-state index in [-0.39, 0.29) is 23.8 Å². The van der Waals surface area contributed by atoms with Crippen LogP contribution in [0.25, 0.3) is 0 Å². The van der Waals surface area contributed by atoms with E-state index in [1.165, 1.54) is 5.56 Å². The number of nitrogens with zero attached hydrogens (tertiary/aromatic N) is 2. The minimum atomic E-state index is -0.00216. The largest absolute Gasteiger partial charge is 0.395 e. The van der Waals surface area contributed by atoms with E-state index < -0.39 is 0 Å². The molecule has 25 heavy (non-hydrogen) atoms. The fourth-order valence-corrected chi connectivity index (χ4v) is 4.29. The summed E-state index contributed by atoms with van der Waals surface area (Å²) in [6.45, 7) is 4.64. The quantitative estimate of drug-likeness (QED) is 0.905. The number of amides is 2. The predicted octanol–water partition coefficient (Wildman–Crippen LogP) is 1.76. The maximum atomic E-state index is 12.8. The zero-order chi connectivity index (χ0) is 17.9. The minimum absolute atomic E-state index is 0.00216. The molecule has 2 saturated heterocycles. The molecule has 5 heteroatoms. The molecule has 2 aliphatic rings. The molecule has 0 saturated carbocycles. The summed E-state index contributed by atoms with van der Waals surface area (Å²) in [5.41, 5.74) is 2.24. The molecule has 1 N–H and O–H groups in total. The SMILES string of the molecule is Cc1cccc(CC(=O)N2CCCC3(CCC(=O)N(CCO)C3)C2)c1. The molecule has 2 aliphatic heterocycles. The first kappa shape index (κ1) is 17.9. The number of rotatable bonds is 4. The second-order valence-electron chi connectivity index (χ2n) is 7.62. The summed E-state index contributed by atoms with van der Waals surface area (Å²) in [6, 6.07) is 8.11. The molecule has 1 unspecified atom stereocenters. The summed E-state index contributed by atoms with van der Waals surface area (Å²) in [5, 5.41) is 9.19. The maximum absolute atomic E-state index is 12.8. The van der Waals surface area contributed by atoms with Gasteiger partial charge in [-0.25, -0.2) is 0 Å². The monoisotopic (exact) mass is 344 g/mol. The van der Waals surface area contributed by atoms with Crippen molar-refractivity contribution in [2.75, 3.05) is 32.8 Å². The zero-order valence-corrected chi connectivity index (χ0v) is 15.0. The number of piperidine rings is 2. The van der Waals surface area contributed by atoms with Gasteiger partial charge in [-0.1, -0.05) is 29.8 Å². The standard InChI is InChI=1S/C20H28N2O3/c1-16-4-2-5-17(12-16)13-19(25)21-9-3-7-20(14-21)8-6-18(24)22(15-20)10-11-23/h2,4-5,12,23H,3,6-11,13-15H2,1H3. The summed E-state index contributed by atoms with van der Waals surface area (Å²) in [7, 11) is 0. The van der Waals surface area contributed by atoms with Gasteiger partial charge < -0.3 is 14.9 Å². The second kappa shape index (κ2) is 7.56. The topological polar surface area (TPSA) is 60.9 Å². The molecule has 0 aliphatic carbocycles. The molecule has 2 fully saturated rings. The molecule has 1 atom stereocenters. The van der Waals surface area contributed by atoms with E-state index in [2.05, 4.69) is 6.07 Å². The van der Waals surface area contributed by atoms with Crippen molar-refractivity contribution in [1.82, 2.24) is 9.80 Å². The summed E-state index contributed by atoms with van der Waals surface area (Å²) < 4.78 is 0. The first-order valence-corrected chi connectivity index (χ1v) is 9.23. The normalized spacial score (nSPS) is 24.0. The number of aliphatic hydroxyl groups is 1. The Bertz CT molecular complexity index is 646. The first-order valence-electron chi connectivity index (χ1n) is 9.23. The van der Waals surface area contributed by atoms with Crippen LogP contribution in [0.1, 0.15) is 36.8 Å². The number of likely N-dealkylation sites (tertiary alicyclic amines) is 2. The lowest BCUT2D eigenvalue weighted by atomic mass is 9.73. The zero-order valence-electron chi connectivity index (χ0n) is 15.0. The van der Waals surface area contributed by atoms with Crippen LogP contribution in [-0.4, -0.2) is 59.5 Å². The molecule has 2 heterocycles. The Labute approximate surface area is 149 Å². The Morgan fingerprint density at radius 1 is 1.28 bits per heavy atom. The predicted molar refractivity (Wildman–Crippen MR) is 96.0 cm³/mol. The van der Waals surface area contributed by atoms with E-state index in [0.717, 1.165) is 37.9 Å². The van der Waals surface area contributed by atoms with Crippen molar-refractivity contribution < 1.29 is 14.7 Å². The lowest BCUT2D eigenvalue weighted by molar-refractivity contribution is -0.143. The number of aliphatic hydroxyl groups excluding tert-OH is 1. The van der Waals surface area contributed by atoms with Gasteiger partial charge in [-0.2, -0.15) is 0 Å². The van der Waals surface area contributed by atoms with Crippen LogP contribution >= 0.6 is 0 Å². The van der Waals surface area contributed by atoms with E-state index in [0.29, 0.717) is 25.9 Å². The highest BCUT2D eigenvalue weighted by Gasteiger charge is 2.42. The Morgan fingerprint density at radius 2 is 2.12 bits per heavy atom. The highest BCUT2D eigenvalue weighted by Crippen LogP contribution is 2.38. The number of benzene rings is 1. The first-order chi connectivity index (χ1) is 12.0. The Morgan fingerprint density at radius 3 is 2.88 bits per heavy atom. The molecular formula is C20H28N2O3. The smallest absolute Gasteiger partial charge is 0.227 e. The molecule has 1 spiro atoms. The van der Waals surface area contributed by atoms with Crippen LogP contribution in [0.15, 0.2) is 24.3 Å². The van der Waals surface area contributed by atoms with Gasteiger partial charge in [0.15, 0.2) is 0 Å². The third-order valence-corrected chi connectivity index (χ3v) is 5.57. The van der Waals surface area contributed by atoms with Gasteiger partial charge in [0.2, 0.25) is 11.8 Å².